The van der Waals surface area contributed by atoms with Gasteiger partial charge in [0.05, 0.1) is 7.11 Å². The largest absolute Gasteiger partial charge is 0.468 e. The Kier molecular flexibility index (Phi) is 4.92. The molecular weight excluding hydrogens is 256 g/mol. The highest BCUT2D eigenvalue weighted by atomic mass is 79.9. The van der Waals surface area contributed by atoms with Crippen molar-refractivity contribution in [1.29, 1.82) is 0 Å². The van der Waals surface area contributed by atoms with Gasteiger partial charge in [-0.05, 0) is 17.7 Å². The van der Waals surface area contributed by atoms with Crippen molar-refractivity contribution in [1.82, 2.24) is 0 Å². The van der Waals surface area contributed by atoms with Crippen molar-refractivity contribution in [3.63, 3.8) is 0 Å². The first-order valence-corrected chi connectivity index (χ1v) is 5.59. The number of hydrogen-bond donors (Lipinski definition) is 0. The molecule has 0 unspecified atom stereocenters. The molecule has 0 aliphatic heterocycles. The zero-order valence-corrected chi connectivity index (χ0v) is 10.0. The van der Waals surface area contributed by atoms with Crippen LogP contribution in [0.5, 0.6) is 0 Å². The van der Waals surface area contributed by atoms with Gasteiger partial charge in [-0.3, -0.25) is 4.79 Å². The molecule has 0 N–H and O–H groups in total. The van der Waals surface area contributed by atoms with Crippen LogP contribution < -0.4 is 0 Å². The minimum Gasteiger partial charge on any atom is -0.468 e. The van der Waals surface area contributed by atoms with Gasteiger partial charge >= 0.3 is 5.97 Å². The third kappa shape index (κ3) is 4.18. The molecule has 78 valence electrons. The minimum absolute atomic E-state index is 0.136. The number of carbonyl (C=O) groups excluding carboxylic acids is 1. The predicted molar refractivity (Wildman–Crippen MR) is 62.6 cm³/mol. The fourth-order valence-electron chi connectivity index (χ4n) is 0.968. The lowest BCUT2D eigenvalue weighted by Crippen LogP contribution is -1.96. The van der Waals surface area contributed by atoms with Gasteiger partial charge in [-0.25, -0.2) is 0 Å². The average Bonchev–Trinajstić information content (AvgIpc) is 2.29. The predicted octanol–water partition coefficient (Wildman–Crippen LogP) is 2.50. The molecule has 0 amide bonds. The quantitative estimate of drug-likeness (QED) is 0.467. The summed E-state index contributed by atoms with van der Waals surface area (Å²) in [6, 6.07) is 7.86. The monoisotopic (exact) mass is 266 g/mol. The lowest BCUT2D eigenvalue weighted by Gasteiger charge is -1.94. The molecular formula is C12H11BrO2. The van der Waals surface area contributed by atoms with Crippen LogP contribution in [0.25, 0.3) is 0 Å². The standard InChI is InChI=1S/C12H11BrO2/c1-15-12(14)4-2-3-10-5-7-11(9-13)8-6-10/h5-8H,4,9H2,1H3. The number of hydrogen-bond acceptors (Lipinski definition) is 2. The van der Waals surface area contributed by atoms with E-state index < -0.39 is 0 Å². The van der Waals surface area contributed by atoms with E-state index in [-0.39, 0.29) is 12.4 Å². The van der Waals surface area contributed by atoms with E-state index in [1.165, 1.54) is 12.7 Å². The summed E-state index contributed by atoms with van der Waals surface area (Å²) >= 11 is 3.37. The molecule has 1 rings (SSSR count). The summed E-state index contributed by atoms with van der Waals surface area (Å²) in [4.78, 5) is 10.8. The number of benzene rings is 1. The van der Waals surface area contributed by atoms with E-state index in [1.54, 1.807) is 0 Å². The molecule has 0 saturated heterocycles. The van der Waals surface area contributed by atoms with Gasteiger partial charge in [-0.2, -0.15) is 0 Å². The molecule has 0 atom stereocenters. The molecule has 0 radical (unpaired) electrons. The number of halogens is 1. The van der Waals surface area contributed by atoms with Gasteiger partial charge in [0.15, 0.2) is 0 Å². The Morgan fingerprint density at radius 3 is 2.60 bits per heavy atom. The number of rotatable bonds is 2. The number of alkyl halides is 1. The van der Waals surface area contributed by atoms with Crippen LogP contribution in [0.4, 0.5) is 0 Å². The molecule has 0 aliphatic rings. The molecule has 2 nitrogen and oxygen atoms in total. The van der Waals surface area contributed by atoms with E-state index in [0.29, 0.717) is 0 Å². The highest BCUT2D eigenvalue weighted by Crippen LogP contribution is 2.06. The SMILES string of the molecule is COC(=O)CC#Cc1ccc(CBr)cc1. The zero-order chi connectivity index (χ0) is 11.1. The molecule has 0 spiro atoms. The van der Waals surface area contributed by atoms with E-state index in [9.17, 15) is 4.79 Å². The summed E-state index contributed by atoms with van der Waals surface area (Å²) < 4.78 is 4.48. The lowest BCUT2D eigenvalue weighted by atomic mass is 10.1. The van der Waals surface area contributed by atoms with Crippen molar-refractivity contribution in [2.75, 3.05) is 7.11 Å². The fourth-order valence-corrected chi connectivity index (χ4v) is 1.34. The van der Waals surface area contributed by atoms with Gasteiger partial charge in [-0.1, -0.05) is 39.9 Å². The summed E-state index contributed by atoms with van der Waals surface area (Å²) in [5.41, 5.74) is 2.11. The third-order valence-electron chi connectivity index (χ3n) is 1.80. The second-order valence-electron chi connectivity index (χ2n) is 2.89. The molecule has 3 heteroatoms. The maximum Gasteiger partial charge on any atom is 0.317 e. The average molecular weight is 267 g/mol. The van der Waals surface area contributed by atoms with Crippen LogP contribution in [0.2, 0.25) is 0 Å². The smallest absolute Gasteiger partial charge is 0.317 e. The molecule has 15 heavy (non-hydrogen) atoms. The van der Waals surface area contributed by atoms with Crippen molar-refractivity contribution in [3.05, 3.63) is 35.4 Å². The Labute approximate surface area is 97.8 Å². The van der Waals surface area contributed by atoms with Gasteiger partial charge in [0.25, 0.3) is 0 Å². The van der Waals surface area contributed by atoms with Gasteiger partial charge < -0.3 is 4.74 Å². The van der Waals surface area contributed by atoms with Gasteiger partial charge in [0.1, 0.15) is 6.42 Å². The Morgan fingerprint density at radius 2 is 2.07 bits per heavy atom. The van der Waals surface area contributed by atoms with Crippen LogP contribution in [0, 0.1) is 11.8 Å². The van der Waals surface area contributed by atoms with E-state index >= 15 is 0 Å². The van der Waals surface area contributed by atoms with Gasteiger partial charge in [0, 0.05) is 10.9 Å². The van der Waals surface area contributed by atoms with Crippen LogP contribution in [0.1, 0.15) is 17.5 Å². The van der Waals surface area contributed by atoms with Crippen LogP contribution in [0.15, 0.2) is 24.3 Å². The van der Waals surface area contributed by atoms with E-state index in [2.05, 4.69) is 32.5 Å². The van der Waals surface area contributed by atoms with E-state index in [4.69, 9.17) is 0 Å². The van der Waals surface area contributed by atoms with Crippen LogP contribution in [-0.4, -0.2) is 13.1 Å². The number of methoxy groups -OCH3 is 1. The number of esters is 1. The lowest BCUT2D eigenvalue weighted by molar-refractivity contribution is -0.139. The van der Waals surface area contributed by atoms with Crippen molar-refractivity contribution in [3.8, 4) is 11.8 Å². The summed E-state index contributed by atoms with van der Waals surface area (Å²) in [5, 5.41) is 0.836. The zero-order valence-electron chi connectivity index (χ0n) is 8.42. The molecule has 1 aromatic carbocycles. The minimum atomic E-state index is -0.306. The maximum atomic E-state index is 10.8. The highest BCUT2D eigenvalue weighted by Gasteiger charge is 1.94. The second-order valence-corrected chi connectivity index (χ2v) is 3.45. The van der Waals surface area contributed by atoms with Gasteiger partial charge in [0.2, 0.25) is 0 Å². The van der Waals surface area contributed by atoms with Crippen molar-refractivity contribution >= 4 is 21.9 Å². The molecule has 0 saturated carbocycles. The van der Waals surface area contributed by atoms with E-state index in [1.807, 2.05) is 24.3 Å². The normalized spacial score (nSPS) is 8.93. The highest BCUT2D eigenvalue weighted by molar-refractivity contribution is 9.08. The summed E-state index contributed by atoms with van der Waals surface area (Å²) in [6.07, 6.45) is 0.136. The summed E-state index contributed by atoms with van der Waals surface area (Å²) in [6.45, 7) is 0. The maximum absolute atomic E-state index is 10.8. The number of carbonyl (C=O) groups is 1. The van der Waals surface area contributed by atoms with Gasteiger partial charge in [-0.15, -0.1) is 0 Å². The molecule has 0 bridgehead atoms. The van der Waals surface area contributed by atoms with Crippen molar-refractivity contribution < 1.29 is 9.53 Å². The first-order chi connectivity index (χ1) is 7.26. The molecule has 1 aromatic rings. The Morgan fingerprint density at radius 1 is 1.40 bits per heavy atom. The van der Waals surface area contributed by atoms with Crippen molar-refractivity contribution in [2.45, 2.75) is 11.8 Å². The Bertz CT molecular complexity index is 384. The van der Waals surface area contributed by atoms with Crippen LogP contribution in [0.3, 0.4) is 0 Å². The fraction of sp³-hybridized carbons (Fsp3) is 0.250. The molecule has 0 heterocycles. The molecule has 0 aromatic heterocycles. The Balaban J connectivity index is 2.60. The topological polar surface area (TPSA) is 26.3 Å². The summed E-state index contributed by atoms with van der Waals surface area (Å²) in [7, 11) is 1.36. The summed E-state index contributed by atoms with van der Waals surface area (Å²) in [5.74, 6) is 5.34. The molecule has 0 fully saturated rings. The first-order valence-electron chi connectivity index (χ1n) is 4.47. The third-order valence-corrected chi connectivity index (χ3v) is 2.45. The first kappa shape index (κ1) is 11.8. The number of ether oxygens (including phenoxy) is 1. The van der Waals surface area contributed by atoms with Crippen LogP contribution in [-0.2, 0) is 14.9 Å². The van der Waals surface area contributed by atoms with E-state index in [0.717, 1.165) is 10.9 Å². The molecule has 0 aliphatic carbocycles. The van der Waals surface area contributed by atoms with Crippen molar-refractivity contribution in [2.24, 2.45) is 0 Å². The van der Waals surface area contributed by atoms with Crippen LogP contribution >= 0.6 is 15.9 Å². The second kappa shape index (κ2) is 6.26. The Hall–Kier alpha value is -1.27.